The lowest BCUT2D eigenvalue weighted by molar-refractivity contribution is -0.758. The van der Waals surface area contributed by atoms with Crippen LogP contribution in [-0.4, -0.2) is 61.4 Å². The number of carbonyl (C=O) groups excluding carboxylic acids is 1. The van der Waals surface area contributed by atoms with Gasteiger partial charge in [-0.2, -0.15) is 0 Å². The molecule has 1 heterocycles. The van der Waals surface area contributed by atoms with E-state index < -0.39 is 5.09 Å². The van der Waals surface area contributed by atoms with E-state index in [1.54, 1.807) is 5.06 Å². The van der Waals surface area contributed by atoms with E-state index in [4.69, 9.17) is 4.84 Å². The third-order valence-corrected chi connectivity index (χ3v) is 3.29. The Hall–Kier alpha value is -1.41. The Kier molecular flexibility index (Phi) is 7.24. The zero-order valence-corrected chi connectivity index (χ0v) is 12.1. The van der Waals surface area contributed by atoms with Crippen LogP contribution in [0.3, 0.4) is 0 Å². The zero-order valence-electron chi connectivity index (χ0n) is 12.1. The third kappa shape index (κ3) is 7.25. The molecule has 1 rings (SSSR count). The van der Waals surface area contributed by atoms with Crippen molar-refractivity contribution in [2.45, 2.75) is 25.7 Å². The molecule has 0 unspecified atom stereocenters. The van der Waals surface area contributed by atoms with Gasteiger partial charge in [0.25, 0.3) is 5.09 Å². The molecule has 0 aromatic heterocycles. The van der Waals surface area contributed by atoms with Gasteiger partial charge in [0.05, 0.1) is 13.0 Å². The van der Waals surface area contributed by atoms with Gasteiger partial charge in [0.15, 0.2) is 0 Å². The van der Waals surface area contributed by atoms with Crippen LogP contribution in [0.1, 0.15) is 25.7 Å². The topological polar surface area (TPSA) is 85.2 Å². The van der Waals surface area contributed by atoms with Crippen LogP contribution >= 0.6 is 0 Å². The summed E-state index contributed by atoms with van der Waals surface area (Å²) in [4.78, 5) is 33.1. The second-order valence-electron chi connectivity index (χ2n) is 5.23. The van der Waals surface area contributed by atoms with Crippen molar-refractivity contribution >= 4 is 5.97 Å². The average molecular weight is 289 g/mol. The van der Waals surface area contributed by atoms with Crippen LogP contribution in [0.2, 0.25) is 0 Å². The molecule has 0 aromatic carbocycles. The smallest absolute Gasteiger partial charge is 0.326 e. The molecular formula is C12H23N3O5. The maximum absolute atomic E-state index is 11.6. The SMILES string of the molecule is CN(C)CCC(=O)ON1CCC(CCO[N+](=O)[O-])CC1. The minimum atomic E-state index is -0.762. The molecule has 20 heavy (non-hydrogen) atoms. The largest absolute Gasteiger partial charge is 0.368 e. The minimum absolute atomic E-state index is 0.139. The Morgan fingerprint density at radius 1 is 1.40 bits per heavy atom. The van der Waals surface area contributed by atoms with Crippen LogP contribution in [0.15, 0.2) is 0 Å². The summed E-state index contributed by atoms with van der Waals surface area (Å²) >= 11 is 0. The summed E-state index contributed by atoms with van der Waals surface area (Å²) in [6.45, 7) is 2.17. The average Bonchev–Trinajstić information content (AvgIpc) is 2.38. The van der Waals surface area contributed by atoms with E-state index in [9.17, 15) is 14.9 Å². The van der Waals surface area contributed by atoms with Gasteiger partial charge in [-0.05, 0) is 39.3 Å². The Labute approximate surface area is 118 Å². The van der Waals surface area contributed by atoms with Crippen LogP contribution in [0.25, 0.3) is 0 Å². The lowest BCUT2D eigenvalue weighted by Crippen LogP contribution is -2.36. The van der Waals surface area contributed by atoms with Crippen LogP contribution in [-0.2, 0) is 14.5 Å². The van der Waals surface area contributed by atoms with Crippen molar-refractivity contribution in [1.82, 2.24) is 9.96 Å². The first-order valence-electron chi connectivity index (χ1n) is 6.85. The fraction of sp³-hybridized carbons (Fsp3) is 0.917. The standard InChI is InChI=1S/C12H23N3O5/c1-13(2)7-5-12(16)20-14-8-3-11(4-9-14)6-10-19-15(17)18/h11H,3-10H2,1-2H3. The molecule has 0 radical (unpaired) electrons. The molecule has 8 nitrogen and oxygen atoms in total. The molecule has 0 saturated carbocycles. The Morgan fingerprint density at radius 3 is 2.60 bits per heavy atom. The van der Waals surface area contributed by atoms with E-state index in [1.807, 2.05) is 19.0 Å². The fourth-order valence-corrected chi connectivity index (χ4v) is 2.09. The van der Waals surface area contributed by atoms with Gasteiger partial charge in [-0.3, -0.25) is 4.79 Å². The fourth-order valence-electron chi connectivity index (χ4n) is 2.09. The molecule has 0 amide bonds. The molecule has 1 aliphatic heterocycles. The van der Waals surface area contributed by atoms with E-state index in [2.05, 4.69) is 4.84 Å². The molecule has 0 N–H and O–H groups in total. The summed E-state index contributed by atoms with van der Waals surface area (Å²) < 4.78 is 0. The maximum atomic E-state index is 11.6. The van der Waals surface area contributed by atoms with Crippen molar-refractivity contribution in [3.8, 4) is 0 Å². The van der Waals surface area contributed by atoms with Crippen molar-refractivity contribution in [3.05, 3.63) is 10.1 Å². The van der Waals surface area contributed by atoms with Crippen molar-refractivity contribution in [2.75, 3.05) is 40.3 Å². The third-order valence-electron chi connectivity index (χ3n) is 3.29. The first kappa shape index (κ1) is 16.6. The van der Waals surface area contributed by atoms with Crippen molar-refractivity contribution in [2.24, 2.45) is 5.92 Å². The van der Waals surface area contributed by atoms with Gasteiger partial charge < -0.3 is 14.6 Å². The molecule has 8 heteroatoms. The molecule has 1 fully saturated rings. The number of carbonyl (C=O) groups is 1. The van der Waals surface area contributed by atoms with Crippen molar-refractivity contribution in [3.63, 3.8) is 0 Å². The highest BCUT2D eigenvalue weighted by atomic mass is 16.9. The number of hydrogen-bond acceptors (Lipinski definition) is 7. The summed E-state index contributed by atoms with van der Waals surface area (Å²) in [5.41, 5.74) is 0. The molecule has 116 valence electrons. The zero-order chi connectivity index (χ0) is 15.0. The molecular weight excluding hydrogens is 266 g/mol. The first-order valence-corrected chi connectivity index (χ1v) is 6.85. The highest BCUT2D eigenvalue weighted by Crippen LogP contribution is 2.20. The van der Waals surface area contributed by atoms with Crippen LogP contribution in [0, 0.1) is 16.0 Å². The number of nitrogens with zero attached hydrogens (tertiary/aromatic N) is 3. The highest BCUT2D eigenvalue weighted by Gasteiger charge is 2.22. The van der Waals surface area contributed by atoms with E-state index in [1.165, 1.54) is 0 Å². The van der Waals surface area contributed by atoms with Gasteiger partial charge in [-0.25, -0.2) is 0 Å². The van der Waals surface area contributed by atoms with Crippen LogP contribution < -0.4 is 0 Å². The number of hydrogen-bond donors (Lipinski definition) is 0. The minimum Gasteiger partial charge on any atom is -0.368 e. The molecule has 0 aromatic rings. The van der Waals surface area contributed by atoms with Crippen molar-refractivity contribution < 1.29 is 19.6 Å². The monoisotopic (exact) mass is 289 g/mol. The summed E-state index contributed by atoms with van der Waals surface area (Å²) in [6.07, 6.45) is 2.77. The van der Waals surface area contributed by atoms with Gasteiger partial charge in [0, 0.05) is 19.6 Å². The van der Waals surface area contributed by atoms with Crippen LogP contribution in [0.5, 0.6) is 0 Å². The summed E-state index contributed by atoms with van der Waals surface area (Å²) in [5, 5.41) is 11.0. The van der Waals surface area contributed by atoms with Gasteiger partial charge in [0.2, 0.25) is 0 Å². The molecule has 0 bridgehead atoms. The summed E-state index contributed by atoms with van der Waals surface area (Å²) in [7, 11) is 3.82. The summed E-state index contributed by atoms with van der Waals surface area (Å²) in [6, 6.07) is 0. The van der Waals surface area contributed by atoms with E-state index in [0.717, 1.165) is 12.8 Å². The Balaban J connectivity index is 2.12. The van der Waals surface area contributed by atoms with E-state index >= 15 is 0 Å². The van der Waals surface area contributed by atoms with Crippen molar-refractivity contribution in [1.29, 1.82) is 0 Å². The predicted octanol–water partition coefficient (Wildman–Crippen LogP) is 0.707. The second-order valence-corrected chi connectivity index (χ2v) is 5.23. The first-order chi connectivity index (χ1) is 9.47. The van der Waals surface area contributed by atoms with E-state index in [0.29, 0.717) is 38.4 Å². The van der Waals surface area contributed by atoms with Gasteiger partial charge in [-0.15, -0.1) is 15.2 Å². The molecule has 0 spiro atoms. The predicted molar refractivity (Wildman–Crippen MR) is 71.1 cm³/mol. The lowest BCUT2D eigenvalue weighted by atomic mass is 9.95. The number of piperidine rings is 1. The summed E-state index contributed by atoms with van der Waals surface area (Å²) in [5.74, 6) is 0.181. The van der Waals surface area contributed by atoms with E-state index in [-0.39, 0.29) is 12.6 Å². The second kappa shape index (κ2) is 8.70. The highest BCUT2D eigenvalue weighted by molar-refractivity contribution is 5.69. The normalized spacial score (nSPS) is 17.1. The lowest BCUT2D eigenvalue weighted by Gasteiger charge is -2.30. The molecule has 0 aliphatic carbocycles. The molecule has 0 atom stereocenters. The van der Waals surface area contributed by atoms with Gasteiger partial charge in [0.1, 0.15) is 0 Å². The quantitative estimate of drug-likeness (QED) is 0.480. The number of hydroxylamine groups is 2. The van der Waals surface area contributed by atoms with Crippen LogP contribution in [0.4, 0.5) is 0 Å². The molecule has 1 saturated heterocycles. The van der Waals surface area contributed by atoms with Gasteiger partial charge in [-0.1, -0.05) is 0 Å². The molecule has 1 aliphatic rings. The maximum Gasteiger partial charge on any atom is 0.326 e. The van der Waals surface area contributed by atoms with Gasteiger partial charge >= 0.3 is 5.97 Å². The number of rotatable bonds is 8. The Bertz CT molecular complexity index is 316. The Morgan fingerprint density at radius 2 is 2.05 bits per heavy atom.